The van der Waals surface area contributed by atoms with Crippen molar-refractivity contribution >= 4 is 28.4 Å². The fourth-order valence-electron chi connectivity index (χ4n) is 2.28. The Morgan fingerprint density at radius 2 is 2.14 bits per heavy atom. The summed E-state index contributed by atoms with van der Waals surface area (Å²) in [5.41, 5.74) is 3.53. The standard InChI is InChI=1S/C17H20N2O2S/c1-10-3-6-13(7-11(10)2)19-17-15(14(20)9-22-17)16(21)18-8-12-4-5-12/h3,6-7,12,20H,4-5,8-9H2,1-2H3,(H,18,21). The highest BCUT2D eigenvalue weighted by Gasteiger charge is 2.29. The van der Waals surface area contributed by atoms with Crippen molar-refractivity contribution in [1.82, 2.24) is 5.32 Å². The molecular formula is C17H20N2O2S. The number of nitrogens with one attached hydrogen (secondary N) is 1. The third kappa shape index (κ3) is 3.35. The maximum absolute atomic E-state index is 12.3. The van der Waals surface area contributed by atoms with E-state index in [9.17, 15) is 9.90 Å². The lowest BCUT2D eigenvalue weighted by atomic mass is 10.1. The van der Waals surface area contributed by atoms with Crippen LogP contribution in [0.15, 0.2) is 34.5 Å². The van der Waals surface area contributed by atoms with Crippen molar-refractivity contribution in [2.45, 2.75) is 26.7 Å². The van der Waals surface area contributed by atoms with Crippen LogP contribution in [0.5, 0.6) is 0 Å². The van der Waals surface area contributed by atoms with Gasteiger partial charge in [-0.15, -0.1) is 0 Å². The van der Waals surface area contributed by atoms with E-state index in [1.54, 1.807) is 0 Å². The Hall–Kier alpha value is -1.75. The number of thioether (sulfide) groups is 1. The van der Waals surface area contributed by atoms with Gasteiger partial charge < -0.3 is 10.4 Å². The molecule has 22 heavy (non-hydrogen) atoms. The molecule has 3 rings (SSSR count). The van der Waals surface area contributed by atoms with Crippen molar-refractivity contribution in [2.24, 2.45) is 10.9 Å². The Morgan fingerprint density at radius 1 is 1.36 bits per heavy atom. The van der Waals surface area contributed by atoms with E-state index in [1.807, 2.05) is 25.1 Å². The maximum Gasteiger partial charge on any atom is 0.257 e. The Morgan fingerprint density at radius 3 is 2.82 bits per heavy atom. The third-order valence-corrected chi connectivity index (χ3v) is 5.03. The highest BCUT2D eigenvalue weighted by atomic mass is 32.2. The molecule has 1 heterocycles. The largest absolute Gasteiger partial charge is 0.510 e. The Balaban J connectivity index is 1.80. The summed E-state index contributed by atoms with van der Waals surface area (Å²) in [7, 11) is 0. The Kier molecular flexibility index (Phi) is 4.25. The smallest absolute Gasteiger partial charge is 0.257 e. The van der Waals surface area contributed by atoms with Crippen LogP contribution in [0.4, 0.5) is 5.69 Å². The molecule has 1 aromatic carbocycles. The molecule has 0 saturated heterocycles. The second-order valence-electron chi connectivity index (χ2n) is 5.95. The molecule has 4 nitrogen and oxygen atoms in total. The molecule has 0 atom stereocenters. The Bertz CT molecular complexity index is 675. The molecule has 1 amide bonds. The summed E-state index contributed by atoms with van der Waals surface area (Å²) in [5, 5.41) is 13.5. The number of aliphatic imine (C=N–C) groups is 1. The first-order valence-corrected chi connectivity index (χ1v) is 8.52. The number of nitrogens with zero attached hydrogens (tertiary/aromatic N) is 1. The van der Waals surface area contributed by atoms with E-state index in [0.29, 0.717) is 28.8 Å². The summed E-state index contributed by atoms with van der Waals surface area (Å²) >= 11 is 1.41. The van der Waals surface area contributed by atoms with Gasteiger partial charge >= 0.3 is 0 Å². The number of aliphatic hydroxyl groups is 1. The van der Waals surface area contributed by atoms with Gasteiger partial charge in [-0.2, -0.15) is 0 Å². The molecule has 0 bridgehead atoms. The van der Waals surface area contributed by atoms with E-state index in [1.165, 1.54) is 30.2 Å². The molecular weight excluding hydrogens is 296 g/mol. The molecule has 1 aromatic rings. The van der Waals surface area contributed by atoms with E-state index in [4.69, 9.17) is 0 Å². The average Bonchev–Trinajstić information content (AvgIpc) is 3.24. The van der Waals surface area contributed by atoms with Crippen molar-refractivity contribution in [2.75, 3.05) is 12.3 Å². The van der Waals surface area contributed by atoms with E-state index in [-0.39, 0.29) is 11.7 Å². The van der Waals surface area contributed by atoms with Crippen molar-refractivity contribution in [1.29, 1.82) is 0 Å². The highest BCUT2D eigenvalue weighted by molar-refractivity contribution is 8.15. The lowest BCUT2D eigenvalue weighted by Gasteiger charge is -2.07. The molecule has 2 N–H and O–H groups in total. The van der Waals surface area contributed by atoms with Gasteiger partial charge in [0.25, 0.3) is 5.91 Å². The third-order valence-electron chi connectivity index (χ3n) is 4.04. The lowest BCUT2D eigenvalue weighted by molar-refractivity contribution is -0.117. The zero-order valence-corrected chi connectivity index (χ0v) is 13.7. The maximum atomic E-state index is 12.3. The van der Waals surface area contributed by atoms with Crippen LogP contribution in [-0.4, -0.2) is 28.4 Å². The normalized spacial score (nSPS) is 19.8. The zero-order chi connectivity index (χ0) is 15.7. The predicted molar refractivity (Wildman–Crippen MR) is 90.9 cm³/mol. The number of amides is 1. The van der Waals surface area contributed by atoms with Gasteiger partial charge in [0.2, 0.25) is 0 Å². The van der Waals surface area contributed by atoms with Crippen LogP contribution in [0.2, 0.25) is 0 Å². The molecule has 116 valence electrons. The first-order chi connectivity index (χ1) is 10.5. The van der Waals surface area contributed by atoms with Gasteiger partial charge in [-0.05, 0) is 55.9 Å². The van der Waals surface area contributed by atoms with Gasteiger partial charge in [-0.25, -0.2) is 4.99 Å². The second-order valence-corrected chi connectivity index (χ2v) is 6.91. The summed E-state index contributed by atoms with van der Waals surface area (Å²) in [5.74, 6) is 0.939. The number of carbonyl (C=O) groups excluding carboxylic acids is 1. The minimum Gasteiger partial charge on any atom is -0.510 e. The van der Waals surface area contributed by atoms with E-state index < -0.39 is 0 Å². The number of benzene rings is 1. The van der Waals surface area contributed by atoms with Crippen LogP contribution < -0.4 is 5.32 Å². The molecule has 1 aliphatic heterocycles. The molecule has 0 unspecified atom stereocenters. The number of hydrogen-bond acceptors (Lipinski definition) is 4. The summed E-state index contributed by atoms with van der Waals surface area (Å²) in [6, 6.07) is 5.95. The molecule has 5 heteroatoms. The molecule has 0 spiro atoms. The van der Waals surface area contributed by atoms with E-state index in [0.717, 1.165) is 11.3 Å². The summed E-state index contributed by atoms with van der Waals surface area (Å²) in [4.78, 5) is 16.8. The predicted octanol–water partition coefficient (Wildman–Crippen LogP) is 3.42. The van der Waals surface area contributed by atoms with Crippen molar-refractivity contribution < 1.29 is 9.90 Å². The summed E-state index contributed by atoms with van der Waals surface area (Å²) < 4.78 is 0. The zero-order valence-electron chi connectivity index (χ0n) is 12.8. The molecule has 1 fully saturated rings. The molecule has 0 radical (unpaired) electrons. The number of aryl methyl sites for hydroxylation is 2. The number of rotatable bonds is 4. The van der Waals surface area contributed by atoms with Gasteiger partial charge in [0, 0.05) is 6.54 Å². The number of carbonyl (C=O) groups is 1. The van der Waals surface area contributed by atoms with Crippen LogP contribution in [-0.2, 0) is 4.79 Å². The molecule has 1 saturated carbocycles. The topological polar surface area (TPSA) is 61.7 Å². The number of hydrogen-bond donors (Lipinski definition) is 2. The van der Waals surface area contributed by atoms with Crippen molar-refractivity contribution in [3.63, 3.8) is 0 Å². The first kappa shape index (κ1) is 15.2. The van der Waals surface area contributed by atoms with Gasteiger partial charge in [0.1, 0.15) is 16.4 Å². The van der Waals surface area contributed by atoms with Crippen LogP contribution in [0.3, 0.4) is 0 Å². The molecule has 0 aromatic heterocycles. The SMILES string of the molecule is Cc1ccc(N=C2SCC(O)=C2C(=O)NCC2CC2)cc1C. The quantitative estimate of drug-likeness (QED) is 0.894. The van der Waals surface area contributed by atoms with Crippen LogP contribution in [0, 0.1) is 19.8 Å². The fourth-order valence-corrected chi connectivity index (χ4v) is 3.22. The summed E-state index contributed by atoms with van der Waals surface area (Å²) in [6.07, 6.45) is 2.37. The van der Waals surface area contributed by atoms with Gasteiger partial charge in [-0.3, -0.25) is 4.79 Å². The molecule has 2 aliphatic rings. The van der Waals surface area contributed by atoms with Gasteiger partial charge in [-0.1, -0.05) is 17.8 Å². The highest BCUT2D eigenvalue weighted by Crippen LogP contribution is 2.31. The second kappa shape index (κ2) is 6.16. The number of aliphatic hydroxyl groups excluding tert-OH is 1. The average molecular weight is 316 g/mol. The molecule has 1 aliphatic carbocycles. The lowest BCUT2D eigenvalue weighted by Crippen LogP contribution is -2.29. The summed E-state index contributed by atoms with van der Waals surface area (Å²) in [6.45, 7) is 4.79. The van der Waals surface area contributed by atoms with Crippen LogP contribution in [0.1, 0.15) is 24.0 Å². The minimum atomic E-state index is -0.211. The van der Waals surface area contributed by atoms with Gasteiger partial charge in [0.05, 0.1) is 11.4 Å². The van der Waals surface area contributed by atoms with Crippen LogP contribution in [0.25, 0.3) is 0 Å². The Labute approximate surface area is 134 Å². The minimum absolute atomic E-state index is 0.126. The van der Waals surface area contributed by atoms with E-state index >= 15 is 0 Å². The first-order valence-electron chi connectivity index (χ1n) is 7.54. The fraction of sp³-hybridized carbons (Fsp3) is 0.412. The van der Waals surface area contributed by atoms with Gasteiger partial charge in [0.15, 0.2) is 0 Å². The van der Waals surface area contributed by atoms with Crippen LogP contribution >= 0.6 is 11.8 Å². The van der Waals surface area contributed by atoms with Crippen molar-refractivity contribution in [3.05, 3.63) is 40.7 Å². The monoisotopic (exact) mass is 316 g/mol. The van der Waals surface area contributed by atoms with E-state index in [2.05, 4.69) is 17.2 Å². The van der Waals surface area contributed by atoms with Crippen molar-refractivity contribution in [3.8, 4) is 0 Å².